The number of benzene rings is 3. The van der Waals surface area contributed by atoms with Crippen molar-refractivity contribution in [2.24, 2.45) is 0 Å². The van der Waals surface area contributed by atoms with Gasteiger partial charge in [0.05, 0.1) is 21.7 Å². The number of amides is 1. The largest absolute Gasteiger partial charge is 0.507 e. The maximum Gasteiger partial charge on any atom is 0.300 e. The molecule has 156 valence electrons. The number of carbonyl (C=O) groups is 2. The van der Waals surface area contributed by atoms with Crippen LogP contribution in [0.2, 0.25) is 10.0 Å². The van der Waals surface area contributed by atoms with Gasteiger partial charge in [-0.25, -0.2) is 8.78 Å². The van der Waals surface area contributed by atoms with Crippen molar-refractivity contribution in [1.29, 1.82) is 0 Å². The Bertz CT molecular complexity index is 1220. The fourth-order valence-corrected chi connectivity index (χ4v) is 3.77. The second kappa shape index (κ2) is 8.13. The molecule has 1 amide bonds. The first kappa shape index (κ1) is 21.0. The fraction of sp³-hybridized carbons (Fsp3) is 0.0435. The Hall–Kier alpha value is -3.22. The molecule has 0 saturated carbocycles. The van der Waals surface area contributed by atoms with Crippen LogP contribution in [0.1, 0.15) is 17.2 Å². The molecular formula is C23H13Cl2F2NO3. The van der Waals surface area contributed by atoms with Crippen molar-refractivity contribution in [3.63, 3.8) is 0 Å². The Morgan fingerprint density at radius 1 is 0.839 bits per heavy atom. The summed E-state index contributed by atoms with van der Waals surface area (Å²) in [6, 6.07) is 13.3. The number of Topliss-reactive ketones (excluding diaryl/α,β-unsaturated/α-hetero) is 1. The molecule has 1 heterocycles. The number of nitrogens with zero attached hydrogens (tertiary/aromatic N) is 1. The molecular weight excluding hydrogens is 447 g/mol. The summed E-state index contributed by atoms with van der Waals surface area (Å²) in [5, 5.41) is 11.4. The Labute approximate surface area is 185 Å². The van der Waals surface area contributed by atoms with Gasteiger partial charge in [-0.3, -0.25) is 14.5 Å². The molecule has 0 aromatic heterocycles. The van der Waals surface area contributed by atoms with Gasteiger partial charge >= 0.3 is 0 Å². The minimum absolute atomic E-state index is 0.156. The van der Waals surface area contributed by atoms with Gasteiger partial charge in [0.1, 0.15) is 17.4 Å². The number of aliphatic hydroxyl groups excluding tert-OH is 1. The minimum atomic E-state index is -1.06. The maximum atomic E-state index is 13.4. The molecule has 1 aliphatic heterocycles. The zero-order valence-electron chi connectivity index (χ0n) is 15.7. The van der Waals surface area contributed by atoms with E-state index in [0.717, 1.165) is 29.2 Å². The van der Waals surface area contributed by atoms with Gasteiger partial charge in [-0.05, 0) is 66.2 Å². The smallest absolute Gasteiger partial charge is 0.300 e. The summed E-state index contributed by atoms with van der Waals surface area (Å²) in [4.78, 5) is 27.1. The van der Waals surface area contributed by atoms with E-state index in [9.17, 15) is 23.5 Å². The number of ketones is 1. The average Bonchev–Trinajstić information content (AvgIpc) is 3.01. The summed E-state index contributed by atoms with van der Waals surface area (Å²) in [5.41, 5.74) is 0.599. The van der Waals surface area contributed by atoms with Gasteiger partial charge in [-0.2, -0.15) is 0 Å². The van der Waals surface area contributed by atoms with Crippen LogP contribution in [0.5, 0.6) is 0 Å². The van der Waals surface area contributed by atoms with Crippen molar-refractivity contribution < 1.29 is 23.5 Å². The van der Waals surface area contributed by atoms with E-state index in [1.165, 1.54) is 36.4 Å². The highest BCUT2D eigenvalue weighted by Gasteiger charge is 2.47. The molecule has 1 N–H and O–H groups in total. The van der Waals surface area contributed by atoms with Crippen molar-refractivity contribution in [3.8, 4) is 0 Å². The first-order valence-corrected chi connectivity index (χ1v) is 9.81. The van der Waals surface area contributed by atoms with Crippen molar-refractivity contribution in [1.82, 2.24) is 0 Å². The van der Waals surface area contributed by atoms with Crippen LogP contribution in [0.15, 0.2) is 72.3 Å². The highest BCUT2D eigenvalue weighted by Crippen LogP contribution is 2.43. The number of hydrogen-bond donors (Lipinski definition) is 1. The molecule has 3 aromatic rings. The molecule has 1 aliphatic rings. The lowest BCUT2D eigenvalue weighted by molar-refractivity contribution is -0.132. The number of rotatable bonds is 3. The number of carbonyl (C=O) groups excluding carboxylic acids is 2. The minimum Gasteiger partial charge on any atom is -0.507 e. The van der Waals surface area contributed by atoms with Crippen LogP contribution in [-0.2, 0) is 9.59 Å². The van der Waals surface area contributed by atoms with E-state index in [0.29, 0.717) is 5.56 Å². The van der Waals surface area contributed by atoms with Crippen LogP contribution < -0.4 is 4.90 Å². The lowest BCUT2D eigenvalue weighted by Crippen LogP contribution is -2.29. The average molecular weight is 460 g/mol. The van der Waals surface area contributed by atoms with Crippen molar-refractivity contribution in [2.75, 3.05) is 4.90 Å². The third-order valence-corrected chi connectivity index (χ3v) is 5.67. The van der Waals surface area contributed by atoms with Crippen molar-refractivity contribution in [2.45, 2.75) is 6.04 Å². The molecule has 31 heavy (non-hydrogen) atoms. The van der Waals surface area contributed by atoms with Gasteiger partial charge in [0, 0.05) is 11.3 Å². The Morgan fingerprint density at radius 2 is 1.42 bits per heavy atom. The highest BCUT2D eigenvalue weighted by atomic mass is 35.5. The zero-order chi connectivity index (χ0) is 22.3. The highest BCUT2D eigenvalue weighted by molar-refractivity contribution is 6.51. The van der Waals surface area contributed by atoms with Crippen LogP contribution >= 0.6 is 23.2 Å². The summed E-state index contributed by atoms with van der Waals surface area (Å²) < 4.78 is 26.8. The first-order chi connectivity index (χ1) is 14.8. The molecule has 1 saturated heterocycles. The molecule has 1 unspecified atom stereocenters. The monoisotopic (exact) mass is 459 g/mol. The molecule has 0 radical (unpaired) electrons. The van der Waals surface area contributed by atoms with Crippen molar-refractivity contribution in [3.05, 3.63) is 105 Å². The van der Waals surface area contributed by atoms with Crippen LogP contribution in [-0.4, -0.2) is 16.8 Å². The molecule has 4 nitrogen and oxygen atoms in total. The summed E-state index contributed by atoms with van der Waals surface area (Å²) in [6.45, 7) is 0. The summed E-state index contributed by atoms with van der Waals surface area (Å²) in [7, 11) is 0. The zero-order valence-corrected chi connectivity index (χ0v) is 17.2. The summed E-state index contributed by atoms with van der Waals surface area (Å²) >= 11 is 12.2. The lowest BCUT2D eigenvalue weighted by atomic mass is 9.95. The number of anilines is 1. The molecule has 8 heteroatoms. The second-order valence-corrected chi connectivity index (χ2v) is 7.64. The molecule has 4 rings (SSSR count). The van der Waals surface area contributed by atoms with Crippen LogP contribution in [0.25, 0.3) is 5.76 Å². The standard InChI is InChI=1S/C23H13Cl2F2NO3/c24-17-10-3-13(11-18(17)25)20-19(21(29)12-1-4-14(26)5-2-12)22(30)23(31)28(20)16-8-6-15(27)7-9-16/h1-11,20,29H/b21-19-. The first-order valence-electron chi connectivity index (χ1n) is 9.05. The van der Waals surface area contributed by atoms with E-state index < -0.39 is 35.1 Å². The Morgan fingerprint density at radius 3 is 2.00 bits per heavy atom. The van der Waals surface area contributed by atoms with E-state index in [1.54, 1.807) is 6.07 Å². The van der Waals surface area contributed by atoms with Gasteiger partial charge in [-0.1, -0.05) is 29.3 Å². The van der Waals surface area contributed by atoms with Gasteiger partial charge in [0.25, 0.3) is 11.7 Å². The SMILES string of the molecule is O=C1C(=O)N(c2ccc(F)cc2)C(c2ccc(Cl)c(Cl)c2)/C1=C(/O)c1ccc(F)cc1. The van der Waals surface area contributed by atoms with Gasteiger partial charge in [0.2, 0.25) is 0 Å². The lowest BCUT2D eigenvalue weighted by Gasteiger charge is -2.25. The van der Waals surface area contributed by atoms with E-state index in [2.05, 4.69) is 0 Å². The molecule has 0 bridgehead atoms. The van der Waals surface area contributed by atoms with Crippen LogP contribution in [0.3, 0.4) is 0 Å². The van der Waals surface area contributed by atoms with E-state index in [1.807, 2.05) is 0 Å². The second-order valence-electron chi connectivity index (χ2n) is 6.83. The predicted octanol–water partition coefficient (Wildman–Crippen LogP) is 5.90. The summed E-state index contributed by atoms with van der Waals surface area (Å²) in [6.07, 6.45) is 0. The normalized spacial score (nSPS) is 17.9. The van der Waals surface area contributed by atoms with Gasteiger partial charge in [-0.15, -0.1) is 0 Å². The van der Waals surface area contributed by atoms with E-state index in [-0.39, 0.29) is 26.9 Å². The quantitative estimate of drug-likeness (QED) is 0.301. The third-order valence-electron chi connectivity index (χ3n) is 4.93. The predicted molar refractivity (Wildman–Crippen MR) is 114 cm³/mol. The Balaban J connectivity index is 1.95. The molecule has 1 fully saturated rings. The van der Waals surface area contributed by atoms with Gasteiger partial charge < -0.3 is 5.11 Å². The molecule has 0 aliphatic carbocycles. The number of hydrogen-bond acceptors (Lipinski definition) is 3. The van der Waals surface area contributed by atoms with E-state index >= 15 is 0 Å². The van der Waals surface area contributed by atoms with Crippen LogP contribution in [0, 0.1) is 11.6 Å². The summed E-state index contributed by atoms with van der Waals surface area (Å²) in [5.74, 6) is -3.37. The maximum absolute atomic E-state index is 13.4. The molecule has 0 spiro atoms. The van der Waals surface area contributed by atoms with E-state index in [4.69, 9.17) is 23.2 Å². The topological polar surface area (TPSA) is 57.6 Å². The fourth-order valence-electron chi connectivity index (χ4n) is 3.46. The number of aliphatic hydroxyl groups is 1. The number of halogens is 4. The van der Waals surface area contributed by atoms with Crippen molar-refractivity contribution >= 4 is 46.3 Å². The Kier molecular flexibility index (Phi) is 5.52. The van der Waals surface area contributed by atoms with Gasteiger partial charge in [0.15, 0.2) is 0 Å². The van der Waals surface area contributed by atoms with Crippen LogP contribution in [0.4, 0.5) is 14.5 Å². The molecule has 1 atom stereocenters. The molecule has 3 aromatic carbocycles. The third kappa shape index (κ3) is 3.80.